The molecule has 1 aliphatic rings. The molecule has 0 aromatic carbocycles. The number of nitrogens with zero attached hydrogens (tertiary/aromatic N) is 1. The van der Waals surface area contributed by atoms with Gasteiger partial charge in [0.25, 0.3) is 0 Å². The van der Waals surface area contributed by atoms with Gasteiger partial charge in [-0.05, 0) is 19.8 Å². The van der Waals surface area contributed by atoms with Crippen LogP contribution < -0.4 is 5.73 Å². The van der Waals surface area contributed by atoms with E-state index in [1.54, 1.807) is 0 Å². The van der Waals surface area contributed by atoms with Crippen LogP contribution in [0.3, 0.4) is 0 Å². The Morgan fingerprint density at radius 1 is 1.38 bits per heavy atom. The molecule has 2 N–H and O–H groups in total. The lowest BCUT2D eigenvalue weighted by Gasteiger charge is -2.20. The molecular formula is C10H14N2O. The molecule has 3 nitrogen and oxygen atoms in total. The van der Waals surface area contributed by atoms with Crippen LogP contribution in [0.25, 0.3) is 0 Å². The molecule has 0 aliphatic heterocycles. The van der Waals surface area contributed by atoms with E-state index in [4.69, 9.17) is 10.2 Å². The first-order chi connectivity index (χ1) is 6.12. The van der Waals surface area contributed by atoms with Crippen LogP contribution in [-0.2, 0) is 5.54 Å². The molecule has 0 bridgehead atoms. The van der Waals surface area contributed by atoms with Gasteiger partial charge in [0.05, 0.1) is 11.2 Å². The van der Waals surface area contributed by atoms with Gasteiger partial charge < -0.3 is 10.2 Å². The number of aromatic nitrogens is 1. The molecule has 0 saturated heterocycles. The van der Waals surface area contributed by atoms with Crippen LogP contribution in [0.2, 0.25) is 0 Å². The summed E-state index contributed by atoms with van der Waals surface area (Å²) in [6.45, 7) is 3.79. The molecule has 1 aromatic heterocycles. The Morgan fingerprint density at radius 3 is 2.46 bits per heavy atom. The van der Waals surface area contributed by atoms with Crippen molar-refractivity contribution in [3.63, 3.8) is 0 Å². The van der Waals surface area contributed by atoms with Gasteiger partial charge in [-0.15, -0.1) is 0 Å². The molecule has 0 atom stereocenters. The van der Waals surface area contributed by atoms with Crippen molar-refractivity contribution in [2.45, 2.75) is 32.2 Å². The first-order valence-electron chi connectivity index (χ1n) is 4.50. The molecule has 0 fully saturated rings. The third-order valence-corrected chi connectivity index (χ3v) is 2.49. The number of hydrogen-bond donors (Lipinski definition) is 1. The fourth-order valence-electron chi connectivity index (χ4n) is 1.85. The highest BCUT2D eigenvalue weighted by Gasteiger charge is 2.33. The molecular weight excluding hydrogens is 164 g/mol. The molecule has 0 saturated carbocycles. The molecule has 1 heterocycles. The van der Waals surface area contributed by atoms with E-state index in [-0.39, 0.29) is 5.54 Å². The van der Waals surface area contributed by atoms with Gasteiger partial charge in [-0.2, -0.15) is 0 Å². The smallest absolute Gasteiger partial charge is 0.191 e. The Morgan fingerprint density at radius 2 is 2.00 bits per heavy atom. The van der Waals surface area contributed by atoms with Crippen molar-refractivity contribution in [1.29, 1.82) is 0 Å². The second-order valence-electron chi connectivity index (χ2n) is 3.68. The van der Waals surface area contributed by atoms with Gasteiger partial charge >= 0.3 is 0 Å². The fraction of sp³-hybridized carbons (Fsp3) is 0.500. The van der Waals surface area contributed by atoms with Crippen LogP contribution in [0, 0.1) is 13.8 Å². The highest BCUT2D eigenvalue weighted by molar-refractivity contribution is 5.23. The molecule has 0 radical (unpaired) electrons. The number of hydrogen-bond acceptors (Lipinski definition) is 3. The summed E-state index contributed by atoms with van der Waals surface area (Å²) in [7, 11) is 0. The van der Waals surface area contributed by atoms with Crippen LogP contribution >= 0.6 is 0 Å². The first-order valence-corrected chi connectivity index (χ1v) is 4.50. The summed E-state index contributed by atoms with van der Waals surface area (Å²) >= 11 is 0. The van der Waals surface area contributed by atoms with Crippen LogP contribution in [0.1, 0.15) is 30.2 Å². The van der Waals surface area contributed by atoms with Crippen LogP contribution in [0.5, 0.6) is 0 Å². The van der Waals surface area contributed by atoms with Crippen LogP contribution in [0.4, 0.5) is 0 Å². The minimum Gasteiger partial charge on any atom is -0.444 e. The normalized spacial score (nSPS) is 19.6. The maximum absolute atomic E-state index is 6.20. The minimum atomic E-state index is -0.342. The summed E-state index contributed by atoms with van der Waals surface area (Å²) in [6.07, 6.45) is 5.89. The van der Waals surface area contributed by atoms with E-state index in [0.717, 1.165) is 24.3 Å². The quantitative estimate of drug-likeness (QED) is 0.667. The van der Waals surface area contributed by atoms with Crippen molar-refractivity contribution in [3.05, 3.63) is 29.5 Å². The SMILES string of the molecule is Cc1nc(C)c(C2(N)CC=CC2)o1. The van der Waals surface area contributed by atoms with Gasteiger partial charge in [0, 0.05) is 6.92 Å². The Bertz CT molecular complexity index is 344. The van der Waals surface area contributed by atoms with E-state index in [9.17, 15) is 0 Å². The van der Waals surface area contributed by atoms with E-state index in [0.29, 0.717) is 5.89 Å². The standard InChI is InChI=1S/C10H14N2O/c1-7-9(13-8(2)12-7)10(11)5-3-4-6-10/h3-4H,5-6,11H2,1-2H3. The topological polar surface area (TPSA) is 52.0 Å². The molecule has 13 heavy (non-hydrogen) atoms. The van der Waals surface area contributed by atoms with E-state index < -0.39 is 0 Å². The predicted octanol–water partition coefficient (Wildman–Crippen LogP) is 1.80. The number of nitrogens with two attached hydrogens (primary N) is 1. The van der Waals surface area contributed by atoms with E-state index >= 15 is 0 Å². The summed E-state index contributed by atoms with van der Waals surface area (Å²) in [5.74, 6) is 1.54. The van der Waals surface area contributed by atoms with Crippen molar-refractivity contribution >= 4 is 0 Å². The number of aryl methyl sites for hydroxylation is 2. The Hall–Kier alpha value is -1.09. The third kappa shape index (κ3) is 1.29. The van der Waals surface area contributed by atoms with E-state index in [2.05, 4.69) is 17.1 Å². The van der Waals surface area contributed by atoms with Crippen molar-refractivity contribution < 1.29 is 4.42 Å². The summed E-state index contributed by atoms with van der Waals surface area (Å²) in [4.78, 5) is 4.23. The van der Waals surface area contributed by atoms with E-state index in [1.807, 2.05) is 13.8 Å². The molecule has 0 unspecified atom stereocenters. The number of oxazole rings is 1. The average Bonchev–Trinajstić information content (AvgIpc) is 2.59. The van der Waals surface area contributed by atoms with Crippen molar-refractivity contribution in [1.82, 2.24) is 4.98 Å². The zero-order chi connectivity index (χ0) is 9.47. The summed E-state index contributed by atoms with van der Waals surface area (Å²) in [6, 6.07) is 0. The monoisotopic (exact) mass is 178 g/mol. The zero-order valence-corrected chi connectivity index (χ0v) is 8.00. The average molecular weight is 178 g/mol. The second-order valence-corrected chi connectivity index (χ2v) is 3.68. The van der Waals surface area contributed by atoms with Crippen molar-refractivity contribution in [2.24, 2.45) is 5.73 Å². The molecule has 1 aromatic rings. The molecule has 2 rings (SSSR count). The lowest BCUT2D eigenvalue weighted by molar-refractivity contribution is 0.346. The maximum Gasteiger partial charge on any atom is 0.191 e. The van der Waals surface area contributed by atoms with Gasteiger partial charge in [0.15, 0.2) is 5.89 Å². The fourth-order valence-corrected chi connectivity index (χ4v) is 1.85. The van der Waals surface area contributed by atoms with Crippen molar-refractivity contribution in [2.75, 3.05) is 0 Å². The Labute approximate surface area is 77.6 Å². The van der Waals surface area contributed by atoms with Crippen LogP contribution in [0.15, 0.2) is 16.6 Å². The summed E-state index contributed by atoms with van der Waals surface area (Å²) in [5, 5.41) is 0. The first kappa shape index (κ1) is 8.51. The van der Waals surface area contributed by atoms with Gasteiger partial charge in [0.1, 0.15) is 5.76 Å². The molecule has 1 aliphatic carbocycles. The highest BCUT2D eigenvalue weighted by Crippen LogP contribution is 2.33. The van der Waals surface area contributed by atoms with Gasteiger partial charge in [-0.1, -0.05) is 12.2 Å². The largest absolute Gasteiger partial charge is 0.444 e. The maximum atomic E-state index is 6.20. The third-order valence-electron chi connectivity index (χ3n) is 2.49. The van der Waals surface area contributed by atoms with Gasteiger partial charge in [-0.3, -0.25) is 0 Å². The lowest BCUT2D eigenvalue weighted by Crippen LogP contribution is -2.33. The highest BCUT2D eigenvalue weighted by atomic mass is 16.4. The summed E-state index contributed by atoms with van der Waals surface area (Å²) in [5.41, 5.74) is 6.78. The van der Waals surface area contributed by atoms with E-state index in [1.165, 1.54) is 0 Å². The summed E-state index contributed by atoms with van der Waals surface area (Å²) < 4.78 is 5.53. The van der Waals surface area contributed by atoms with Crippen LogP contribution in [-0.4, -0.2) is 4.98 Å². The second kappa shape index (κ2) is 2.70. The number of rotatable bonds is 1. The lowest BCUT2D eigenvalue weighted by atomic mass is 9.94. The molecule has 3 heteroatoms. The molecule has 0 amide bonds. The van der Waals surface area contributed by atoms with Gasteiger partial charge in [0.2, 0.25) is 0 Å². The molecule has 0 spiro atoms. The van der Waals surface area contributed by atoms with Crippen molar-refractivity contribution in [3.8, 4) is 0 Å². The minimum absolute atomic E-state index is 0.342. The Balaban J connectivity index is 2.39. The molecule has 70 valence electrons. The zero-order valence-electron chi connectivity index (χ0n) is 8.00. The van der Waals surface area contributed by atoms with Gasteiger partial charge in [-0.25, -0.2) is 4.98 Å². The Kier molecular flexibility index (Phi) is 1.77. The predicted molar refractivity (Wildman–Crippen MR) is 50.2 cm³/mol.